The van der Waals surface area contributed by atoms with E-state index in [0.717, 1.165) is 28.7 Å². The number of aromatic amines is 1. The van der Waals surface area contributed by atoms with Crippen molar-refractivity contribution in [3.63, 3.8) is 0 Å². The molecule has 2 aliphatic rings. The van der Waals surface area contributed by atoms with Crippen molar-refractivity contribution in [3.05, 3.63) is 119 Å². The Labute approximate surface area is 348 Å². The predicted octanol–water partition coefficient (Wildman–Crippen LogP) is 4.17. The minimum atomic E-state index is -1.62. The lowest BCUT2D eigenvalue weighted by Gasteiger charge is -2.43. The summed E-state index contributed by atoms with van der Waals surface area (Å²) in [5, 5.41) is 25.6. The second kappa shape index (κ2) is 16.7. The van der Waals surface area contributed by atoms with Gasteiger partial charge in [0, 0.05) is 47.2 Å². The molecule has 1 aliphatic carbocycles. The van der Waals surface area contributed by atoms with Crippen LogP contribution in [-0.4, -0.2) is 95.1 Å². The minimum absolute atomic E-state index is 0.243. The summed E-state index contributed by atoms with van der Waals surface area (Å²) in [6.45, 7) is 3.14. The highest BCUT2D eigenvalue weighted by molar-refractivity contribution is 5.99. The number of nitrogens with one attached hydrogen (secondary N) is 4. The molecule has 8 rings (SSSR count). The van der Waals surface area contributed by atoms with E-state index in [9.17, 15) is 33.9 Å². The van der Waals surface area contributed by atoms with Crippen LogP contribution in [0.1, 0.15) is 61.9 Å². The van der Waals surface area contributed by atoms with E-state index in [1.165, 1.54) is 47.7 Å². The number of aliphatic carboxylic acids is 1. The number of H-pyrrole nitrogens is 1. The van der Waals surface area contributed by atoms with E-state index in [1.807, 2.05) is 60.7 Å². The first kappa shape index (κ1) is 40.4. The molecule has 0 radical (unpaired) electrons. The van der Waals surface area contributed by atoms with Gasteiger partial charge in [0.15, 0.2) is 11.7 Å². The summed E-state index contributed by atoms with van der Waals surface area (Å²) in [7, 11) is 0. The van der Waals surface area contributed by atoms with Crippen LogP contribution in [-0.2, 0) is 24.7 Å². The third-order valence-corrected chi connectivity index (χ3v) is 11.5. The first-order valence-corrected chi connectivity index (χ1v) is 20.0. The molecule has 1 aliphatic heterocycles. The summed E-state index contributed by atoms with van der Waals surface area (Å²) in [5.74, 6) is -3.10. The third kappa shape index (κ3) is 8.01. The molecule has 0 spiro atoms. The molecule has 4 atom stereocenters. The number of ether oxygens (including phenoxy) is 1. The number of amides is 4. The van der Waals surface area contributed by atoms with Gasteiger partial charge >= 0.3 is 17.8 Å². The third-order valence-electron chi connectivity index (χ3n) is 11.5. The van der Waals surface area contributed by atoms with Crippen LogP contribution in [0.15, 0.2) is 102 Å². The Bertz CT molecular complexity index is 2700. The molecule has 6 aromatic rings. The fourth-order valence-electron chi connectivity index (χ4n) is 8.12. The predicted molar refractivity (Wildman–Crippen MR) is 222 cm³/mol. The highest BCUT2D eigenvalue weighted by Gasteiger charge is 2.43. The van der Waals surface area contributed by atoms with Crippen molar-refractivity contribution in [1.29, 1.82) is 0 Å². The second-order valence-electron chi connectivity index (χ2n) is 15.4. The number of benzene rings is 2. The van der Waals surface area contributed by atoms with E-state index >= 15 is 0 Å². The Kier molecular flexibility index (Phi) is 11.0. The molecule has 2 aromatic carbocycles. The molecule has 61 heavy (non-hydrogen) atoms. The Morgan fingerprint density at radius 1 is 0.918 bits per heavy atom. The van der Waals surface area contributed by atoms with Crippen molar-refractivity contribution in [1.82, 2.24) is 45.4 Å². The van der Waals surface area contributed by atoms with Crippen molar-refractivity contribution >= 4 is 46.3 Å². The number of fused-ring (bicyclic) bond motifs is 3. The number of rotatable bonds is 12. The summed E-state index contributed by atoms with van der Waals surface area (Å²) in [6, 6.07) is 20.7. The smallest absolute Gasteiger partial charge is 0.408 e. The van der Waals surface area contributed by atoms with Gasteiger partial charge in [-0.25, -0.2) is 28.9 Å². The summed E-state index contributed by atoms with van der Waals surface area (Å²) in [6.07, 6.45) is 5.26. The summed E-state index contributed by atoms with van der Waals surface area (Å²) >= 11 is 0. The molecule has 312 valence electrons. The Morgan fingerprint density at radius 3 is 2.34 bits per heavy atom. The summed E-state index contributed by atoms with van der Waals surface area (Å²) in [4.78, 5) is 88.0. The average molecular weight is 826 g/mol. The topological polar surface area (TPSA) is 230 Å². The van der Waals surface area contributed by atoms with Crippen LogP contribution in [0.5, 0.6) is 0 Å². The lowest BCUT2D eigenvalue weighted by atomic mass is 9.71. The van der Waals surface area contributed by atoms with E-state index in [4.69, 9.17) is 9.72 Å². The molecule has 1 saturated heterocycles. The Morgan fingerprint density at radius 2 is 1.66 bits per heavy atom. The number of nitrogens with zero attached hydrogens (tertiary/aromatic N) is 5. The van der Waals surface area contributed by atoms with Crippen molar-refractivity contribution in [2.45, 2.75) is 75.7 Å². The van der Waals surface area contributed by atoms with E-state index in [-0.39, 0.29) is 18.7 Å². The maximum Gasteiger partial charge on any atom is 0.408 e. The zero-order chi connectivity index (χ0) is 42.8. The average Bonchev–Trinajstić information content (AvgIpc) is 3.91. The van der Waals surface area contributed by atoms with Crippen molar-refractivity contribution < 1.29 is 33.8 Å². The summed E-state index contributed by atoms with van der Waals surface area (Å²) < 4.78 is 7.04. The molecule has 0 unspecified atom stereocenters. The monoisotopic (exact) mass is 825 g/mol. The number of hydrogen-bond acceptors (Lipinski definition) is 10. The SMILES string of the molecule is C[C@@H](NC(=O)c1ccncc1)C(=O)N1CCC[C@H]1C(=O)N[C@H](C(=O)O)[C@@H](C)OC(=O)NC1(c2ccc(-c3nc4ccn5c(=O)[nH]nc5c4cc3-c3ccccc3)cc2)CCC1. The molecule has 1 saturated carbocycles. The maximum absolute atomic E-state index is 13.5. The van der Waals surface area contributed by atoms with Gasteiger partial charge in [-0.05, 0) is 81.3 Å². The molecule has 17 nitrogen and oxygen atoms in total. The number of pyridine rings is 3. The molecule has 4 amide bonds. The van der Waals surface area contributed by atoms with Gasteiger partial charge in [-0.3, -0.25) is 19.4 Å². The Hall–Kier alpha value is -7.43. The van der Waals surface area contributed by atoms with Gasteiger partial charge in [0.25, 0.3) is 5.91 Å². The number of alkyl carbamates (subject to hydrolysis) is 1. The number of carbonyl (C=O) groups is 5. The van der Waals surface area contributed by atoms with Crippen LogP contribution in [0, 0.1) is 0 Å². The Balaban J connectivity index is 0.942. The standard InChI is InChI=1S/C44H43N9O8/c1-25(46-38(54)29-15-20-45-21-16-29)40(56)52-22-6-10-34(52)39(55)48-35(41(57)58)26(2)61-43(60)49-44(18-7-19-44)30-13-11-28(12-14-30)36-31(27-8-4-3-5-9-27)24-32-33(47-36)17-23-53-37(32)50-51-42(53)59/h3-5,8-9,11-17,20-21,23-26,34-35H,6-7,10,18-19,22H2,1-2H3,(H,46,54)(H,48,55)(H,49,60)(H,51,59)(H,57,58)/t25-,26-,34+,35+/m1/s1. The van der Waals surface area contributed by atoms with Gasteiger partial charge in [0.2, 0.25) is 11.8 Å². The van der Waals surface area contributed by atoms with E-state index in [2.05, 4.69) is 31.1 Å². The quantitative estimate of drug-likeness (QED) is 0.118. The summed E-state index contributed by atoms with van der Waals surface area (Å²) in [5.41, 5.74) is 4.44. The van der Waals surface area contributed by atoms with Crippen LogP contribution < -0.4 is 21.6 Å². The first-order valence-electron chi connectivity index (χ1n) is 20.0. The van der Waals surface area contributed by atoms with Crippen molar-refractivity contribution in [3.8, 4) is 22.4 Å². The molecule has 2 fully saturated rings. The second-order valence-corrected chi connectivity index (χ2v) is 15.4. The van der Waals surface area contributed by atoms with E-state index in [0.29, 0.717) is 47.1 Å². The fourth-order valence-corrected chi connectivity index (χ4v) is 8.12. The lowest BCUT2D eigenvalue weighted by molar-refractivity contribution is -0.146. The highest BCUT2D eigenvalue weighted by atomic mass is 16.6. The minimum Gasteiger partial charge on any atom is -0.480 e. The number of carboxylic acids is 1. The van der Waals surface area contributed by atoms with Crippen LogP contribution in [0.3, 0.4) is 0 Å². The van der Waals surface area contributed by atoms with E-state index in [1.54, 1.807) is 12.3 Å². The van der Waals surface area contributed by atoms with Crippen LogP contribution in [0.25, 0.3) is 38.9 Å². The van der Waals surface area contributed by atoms with E-state index < -0.39 is 59.6 Å². The van der Waals surface area contributed by atoms with Crippen LogP contribution in [0.4, 0.5) is 4.79 Å². The molecule has 5 heterocycles. The maximum atomic E-state index is 13.5. The molecular weight excluding hydrogens is 783 g/mol. The largest absolute Gasteiger partial charge is 0.480 e. The molecule has 17 heteroatoms. The van der Waals surface area contributed by atoms with Crippen molar-refractivity contribution in [2.75, 3.05) is 6.54 Å². The fraction of sp³-hybridized carbons (Fsp3) is 0.295. The van der Waals surface area contributed by atoms with Gasteiger partial charge in [-0.1, -0.05) is 54.6 Å². The highest BCUT2D eigenvalue weighted by Crippen LogP contribution is 2.42. The van der Waals surface area contributed by atoms with Crippen LogP contribution >= 0.6 is 0 Å². The number of likely N-dealkylation sites (tertiary alicyclic amines) is 1. The number of aromatic nitrogens is 5. The number of carbonyl (C=O) groups excluding carboxylic acids is 4. The lowest BCUT2D eigenvalue weighted by Crippen LogP contribution is -2.57. The first-order chi connectivity index (χ1) is 29.4. The van der Waals surface area contributed by atoms with Gasteiger partial charge in [0.05, 0.1) is 16.7 Å². The number of hydrogen-bond donors (Lipinski definition) is 5. The van der Waals surface area contributed by atoms with Crippen molar-refractivity contribution in [2.24, 2.45) is 0 Å². The molecule has 4 aromatic heterocycles. The zero-order valence-corrected chi connectivity index (χ0v) is 33.3. The normalized spacial score (nSPS) is 17.1. The van der Waals surface area contributed by atoms with Gasteiger partial charge < -0.3 is 30.7 Å². The van der Waals surface area contributed by atoms with Crippen LogP contribution in [0.2, 0.25) is 0 Å². The molecular formula is C44H43N9O8. The van der Waals surface area contributed by atoms with Gasteiger partial charge in [0.1, 0.15) is 18.2 Å². The van der Waals surface area contributed by atoms with Gasteiger partial charge in [-0.2, -0.15) is 5.10 Å². The zero-order valence-electron chi connectivity index (χ0n) is 33.3. The number of carboxylic acid groups (broad SMARTS) is 1. The molecule has 5 N–H and O–H groups in total. The molecule has 0 bridgehead atoms. The van der Waals surface area contributed by atoms with Gasteiger partial charge in [-0.15, -0.1) is 0 Å².